The normalized spacial score (nSPS) is 14.5. The van der Waals surface area contributed by atoms with E-state index in [2.05, 4.69) is 21.2 Å². The summed E-state index contributed by atoms with van der Waals surface area (Å²) in [5, 5.41) is 2.47. The van der Waals surface area contributed by atoms with Crippen molar-refractivity contribution in [2.45, 2.75) is 13.5 Å². The van der Waals surface area contributed by atoms with Crippen LogP contribution < -0.4 is 10.1 Å². The van der Waals surface area contributed by atoms with E-state index in [0.29, 0.717) is 20.8 Å². The zero-order valence-corrected chi connectivity index (χ0v) is 20.7. The molecule has 6 nitrogen and oxygen atoms in total. The van der Waals surface area contributed by atoms with Crippen molar-refractivity contribution in [3.05, 3.63) is 98.9 Å². The molecule has 1 heterocycles. The first kappa shape index (κ1) is 23.8. The summed E-state index contributed by atoms with van der Waals surface area (Å²) in [7, 11) is 0. The number of carbonyl (C=O) groups excluding carboxylic acids is 3. The van der Waals surface area contributed by atoms with Crippen LogP contribution in [-0.4, -0.2) is 28.6 Å². The van der Waals surface area contributed by atoms with E-state index >= 15 is 0 Å². The number of amides is 3. The standard InChI is InChI=1S/C26H21BrN2O4S/c1-17-6-5-7-19(12-17)15-29-25(31)23(34-26(29)32)14-18-10-11-22(21(27)13-18)33-16-24(30)28-20-8-3-2-4-9-20/h2-14H,15-16H2,1H3,(H,28,30)/b23-14-. The molecule has 1 fully saturated rings. The van der Waals surface area contributed by atoms with Gasteiger partial charge < -0.3 is 10.1 Å². The van der Waals surface area contributed by atoms with Crippen LogP contribution in [0.4, 0.5) is 10.5 Å². The Balaban J connectivity index is 1.39. The van der Waals surface area contributed by atoms with Gasteiger partial charge in [-0.1, -0.05) is 54.1 Å². The fraction of sp³-hybridized carbons (Fsp3) is 0.115. The number of hydrogen-bond acceptors (Lipinski definition) is 5. The minimum atomic E-state index is -0.314. The molecule has 0 atom stereocenters. The Morgan fingerprint density at radius 2 is 1.85 bits per heavy atom. The molecule has 0 aromatic heterocycles. The van der Waals surface area contributed by atoms with Gasteiger partial charge in [-0.25, -0.2) is 0 Å². The van der Waals surface area contributed by atoms with Crippen molar-refractivity contribution >= 4 is 56.5 Å². The van der Waals surface area contributed by atoms with Gasteiger partial charge in [-0.3, -0.25) is 19.3 Å². The van der Waals surface area contributed by atoms with E-state index in [0.717, 1.165) is 28.5 Å². The molecule has 172 valence electrons. The number of ether oxygens (including phenoxy) is 1. The number of hydrogen-bond donors (Lipinski definition) is 1. The SMILES string of the molecule is Cc1cccc(CN2C(=O)S/C(=C\c3ccc(OCC(=O)Nc4ccccc4)c(Br)c3)C2=O)c1. The van der Waals surface area contributed by atoms with Gasteiger partial charge in [0.2, 0.25) is 0 Å². The van der Waals surface area contributed by atoms with Gasteiger partial charge in [-0.2, -0.15) is 0 Å². The largest absolute Gasteiger partial charge is 0.483 e. The molecule has 0 bridgehead atoms. The van der Waals surface area contributed by atoms with Crippen LogP contribution in [0, 0.1) is 6.92 Å². The Kier molecular flexibility index (Phi) is 7.49. The predicted molar refractivity (Wildman–Crippen MR) is 137 cm³/mol. The number of nitrogens with zero attached hydrogens (tertiary/aromatic N) is 1. The van der Waals surface area contributed by atoms with Gasteiger partial charge in [0.05, 0.1) is 15.9 Å². The number of anilines is 1. The molecule has 1 aliphatic rings. The molecular formula is C26H21BrN2O4S. The minimum Gasteiger partial charge on any atom is -0.483 e. The van der Waals surface area contributed by atoms with Crippen LogP contribution >= 0.6 is 27.7 Å². The first-order chi connectivity index (χ1) is 16.4. The van der Waals surface area contributed by atoms with Crippen LogP contribution in [0.3, 0.4) is 0 Å². The number of para-hydroxylation sites is 1. The first-order valence-corrected chi connectivity index (χ1v) is 12.1. The van der Waals surface area contributed by atoms with Crippen LogP contribution in [0.2, 0.25) is 0 Å². The summed E-state index contributed by atoms with van der Waals surface area (Å²) >= 11 is 4.37. The van der Waals surface area contributed by atoms with Gasteiger partial charge in [0.25, 0.3) is 17.1 Å². The van der Waals surface area contributed by atoms with Gasteiger partial charge in [0.1, 0.15) is 5.75 Å². The van der Waals surface area contributed by atoms with Crippen LogP contribution in [0.15, 0.2) is 82.2 Å². The highest BCUT2D eigenvalue weighted by Gasteiger charge is 2.35. The highest BCUT2D eigenvalue weighted by Crippen LogP contribution is 2.34. The number of carbonyl (C=O) groups is 3. The summed E-state index contributed by atoms with van der Waals surface area (Å²) < 4.78 is 6.25. The molecule has 0 radical (unpaired) electrons. The molecule has 0 spiro atoms. The second-order valence-corrected chi connectivity index (χ2v) is 9.50. The lowest BCUT2D eigenvalue weighted by molar-refractivity contribution is -0.123. The molecule has 4 rings (SSSR count). The van der Waals surface area contributed by atoms with E-state index in [1.165, 1.54) is 4.90 Å². The molecule has 0 unspecified atom stereocenters. The number of aryl methyl sites for hydroxylation is 1. The Bertz CT molecular complexity index is 1280. The maximum Gasteiger partial charge on any atom is 0.293 e. The van der Waals surface area contributed by atoms with Gasteiger partial charge in [-0.15, -0.1) is 0 Å². The monoisotopic (exact) mass is 536 g/mol. The lowest BCUT2D eigenvalue weighted by atomic mass is 10.1. The van der Waals surface area contributed by atoms with Crippen molar-refractivity contribution in [2.24, 2.45) is 0 Å². The number of rotatable bonds is 7. The molecule has 34 heavy (non-hydrogen) atoms. The summed E-state index contributed by atoms with van der Waals surface area (Å²) in [6, 6.07) is 22.1. The number of imide groups is 1. The van der Waals surface area contributed by atoms with E-state index in [1.54, 1.807) is 36.4 Å². The summed E-state index contributed by atoms with van der Waals surface area (Å²) in [5.74, 6) is -0.0945. The molecule has 1 N–H and O–H groups in total. The predicted octanol–water partition coefficient (Wildman–Crippen LogP) is 6.01. The van der Waals surface area contributed by atoms with Gasteiger partial charge in [-0.05, 0) is 76.1 Å². The molecule has 0 saturated carbocycles. The fourth-order valence-corrected chi connectivity index (χ4v) is 4.72. The third-order valence-corrected chi connectivity index (χ3v) is 6.49. The first-order valence-electron chi connectivity index (χ1n) is 10.5. The molecule has 1 saturated heterocycles. The lowest BCUT2D eigenvalue weighted by Gasteiger charge is -2.12. The average Bonchev–Trinajstić information content (AvgIpc) is 3.06. The van der Waals surface area contributed by atoms with Crippen LogP contribution in [-0.2, 0) is 16.1 Å². The average molecular weight is 537 g/mol. The second-order valence-electron chi connectivity index (χ2n) is 7.65. The van der Waals surface area contributed by atoms with Crippen LogP contribution in [0.1, 0.15) is 16.7 Å². The third-order valence-electron chi connectivity index (χ3n) is 4.97. The molecule has 3 aromatic rings. The van der Waals surface area contributed by atoms with Crippen molar-refractivity contribution in [3.63, 3.8) is 0 Å². The van der Waals surface area contributed by atoms with Crippen molar-refractivity contribution in [1.82, 2.24) is 4.90 Å². The van der Waals surface area contributed by atoms with Crippen molar-refractivity contribution in [1.29, 1.82) is 0 Å². The topological polar surface area (TPSA) is 75.7 Å². The van der Waals surface area contributed by atoms with Crippen molar-refractivity contribution < 1.29 is 19.1 Å². The molecule has 3 amide bonds. The maximum atomic E-state index is 12.8. The summed E-state index contributed by atoms with van der Waals surface area (Å²) in [4.78, 5) is 39.0. The number of benzene rings is 3. The molecule has 0 aliphatic carbocycles. The fourth-order valence-electron chi connectivity index (χ4n) is 3.37. The Labute approximate surface area is 210 Å². The van der Waals surface area contributed by atoms with E-state index in [1.807, 2.05) is 49.4 Å². The Morgan fingerprint density at radius 3 is 2.59 bits per heavy atom. The second kappa shape index (κ2) is 10.7. The highest BCUT2D eigenvalue weighted by atomic mass is 79.9. The van der Waals surface area contributed by atoms with Gasteiger partial charge in [0, 0.05) is 5.69 Å². The Hall–Kier alpha value is -3.36. The molecule has 3 aromatic carbocycles. The quantitative estimate of drug-likeness (QED) is 0.374. The molecule has 1 aliphatic heterocycles. The van der Waals surface area contributed by atoms with E-state index < -0.39 is 0 Å². The zero-order chi connectivity index (χ0) is 24.1. The maximum absolute atomic E-state index is 12.8. The summed E-state index contributed by atoms with van der Waals surface area (Å²) in [5.41, 5.74) is 3.41. The highest BCUT2D eigenvalue weighted by molar-refractivity contribution is 9.10. The van der Waals surface area contributed by atoms with Crippen molar-refractivity contribution in [2.75, 3.05) is 11.9 Å². The van der Waals surface area contributed by atoms with Crippen LogP contribution in [0.5, 0.6) is 5.75 Å². The zero-order valence-electron chi connectivity index (χ0n) is 18.3. The third kappa shape index (κ3) is 5.95. The van der Waals surface area contributed by atoms with E-state index in [9.17, 15) is 14.4 Å². The molecule has 8 heteroatoms. The van der Waals surface area contributed by atoms with E-state index in [-0.39, 0.29) is 30.2 Å². The number of nitrogens with one attached hydrogen (secondary N) is 1. The molecular weight excluding hydrogens is 516 g/mol. The lowest BCUT2D eigenvalue weighted by Crippen LogP contribution is -2.27. The van der Waals surface area contributed by atoms with E-state index in [4.69, 9.17) is 4.74 Å². The minimum absolute atomic E-state index is 0.148. The summed E-state index contributed by atoms with van der Waals surface area (Å²) in [6.07, 6.45) is 1.68. The van der Waals surface area contributed by atoms with Gasteiger partial charge >= 0.3 is 0 Å². The number of thioether (sulfide) groups is 1. The smallest absolute Gasteiger partial charge is 0.293 e. The summed E-state index contributed by atoms with van der Waals surface area (Å²) in [6.45, 7) is 2.06. The van der Waals surface area contributed by atoms with Crippen molar-refractivity contribution in [3.8, 4) is 5.75 Å². The van der Waals surface area contributed by atoms with Crippen LogP contribution in [0.25, 0.3) is 6.08 Å². The Morgan fingerprint density at radius 1 is 1.06 bits per heavy atom. The number of halogens is 1. The van der Waals surface area contributed by atoms with Gasteiger partial charge in [0.15, 0.2) is 6.61 Å².